The maximum atomic E-state index is 9.54. The van der Waals surface area contributed by atoms with Crippen molar-refractivity contribution in [2.24, 2.45) is 0 Å². The highest BCUT2D eigenvalue weighted by molar-refractivity contribution is 6.27. The zero-order valence-electron chi connectivity index (χ0n) is 33.7. The quantitative estimate of drug-likeness (QED) is 0.173. The van der Waals surface area contributed by atoms with E-state index in [2.05, 4.69) is 48.5 Å². The zero-order chi connectivity index (χ0) is 38.6. The monoisotopic (exact) mass is 614 g/mol. The van der Waals surface area contributed by atoms with E-state index in [0.717, 1.165) is 43.8 Å². The molecule has 0 heteroatoms. The van der Waals surface area contributed by atoms with Gasteiger partial charge in [0, 0.05) is 0 Å². The summed E-state index contributed by atoms with van der Waals surface area (Å²) in [6.07, 6.45) is 0. The maximum Gasteiger partial charge on any atom is 0.0630 e. The highest BCUT2D eigenvalue weighted by atomic mass is 14.2. The van der Waals surface area contributed by atoms with E-state index in [-0.39, 0.29) is 81.0 Å². The highest BCUT2D eigenvalue weighted by Gasteiger charge is 2.15. The summed E-state index contributed by atoms with van der Waals surface area (Å²) in [5, 5.41) is 5.54. The van der Waals surface area contributed by atoms with Gasteiger partial charge in [-0.1, -0.05) is 182 Å². The van der Waals surface area contributed by atoms with Crippen LogP contribution < -0.4 is 0 Å². The molecule has 0 aromatic heterocycles. The smallest absolute Gasteiger partial charge is 0.0616 e. The molecule has 0 N–H and O–H groups in total. The summed E-state index contributed by atoms with van der Waals surface area (Å²) < 4.78 is 74.2. The van der Waals surface area contributed by atoms with Crippen LogP contribution in [0.5, 0.6) is 0 Å². The van der Waals surface area contributed by atoms with Gasteiger partial charge in [-0.3, -0.25) is 0 Å². The summed E-state index contributed by atoms with van der Waals surface area (Å²) in [6.45, 7) is 0. The van der Waals surface area contributed by atoms with E-state index in [1.54, 1.807) is 0 Å². The van der Waals surface area contributed by atoms with Crippen LogP contribution in [0.25, 0.3) is 98.4 Å². The van der Waals surface area contributed by atoms with Crippen LogP contribution in [-0.2, 0) is 0 Å². The van der Waals surface area contributed by atoms with E-state index in [9.17, 15) is 8.22 Å². The molecule has 0 heterocycles. The van der Waals surface area contributed by atoms with E-state index < -0.39 is 0 Å². The van der Waals surface area contributed by atoms with Gasteiger partial charge in [0.05, 0.1) is 11.0 Å². The number of rotatable bonds is 4. The van der Waals surface area contributed by atoms with Crippen LogP contribution in [0, 0.1) is 0 Å². The third-order valence-corrected chi connectivity index (χ3v) is 9.55. The Morgan fingerprint density at radius 3 is 1.04 bits per heavy atom. The highest BCUT2D eigenvalue weighted by Crippen LogP contribution is 2.43. The first kappa shape index (κ1) is 20.1. The van der Waals surface area contributed by atoms with Crippen LogP contribution >= 0.6 is 0 Å². The first-order chi connectivity index (χ1) is 27.2. The first-order valence-corrected chi connectivity index (χ1v) is 16.0. The summed E-state index contributed by atoms with van der Waals surface area (Å²) in [5.74, 6) is 0. The molecule has 10 aromatic rings. The van der Waals surface area contributed by atoms with Gasteiger partial charge in [0.25, 0.3) is 0 Å². The Kier molecular flexibility index (Phi) is 4.46. The van der Waals surface area contributed by atoms with Crippen LogP contribution in [0.3, 0.4) is 0 Å². The van der Waals surface area contributed by atoms with Gasteiger partial charge in [0.15, 0.2) is 0 Å². The Balaban J connectivity index is 1.23. The van der Waals surface area contributed by atoms with Crippen LogP contribution in [0.15, 0.2) is 182 Å². The van der Waals surface area contributed by atoms with E-state index in [4.69, 9.17) is 2.74 Å². The molecule has 0 spiro atoms. The van der Waals surface area contributed by atoms with Crippen molar-refractivity contribution in [3.63, 3.8) is 0 Å². The minimum Gasteiger partial charge on any atom is -0.0616 e. The van der Waals surface area contributed by atoms with Crippen molar-refractivity contribution < 1.29 is 11.0 Å². The molecule has 0 unspecified atom stereocenters. The Hall–Kier alpha value is -6.24. The van der Waals surface area contributed by atoms with Crippen molar-refractivity contribution in [2.45, 2.75) is 0 Å². The second-order valence-electron chi connectivity index (χ2n) is 12.2. The first-order valence-electron chi connectivity index (χ1n) is 20.0. The molecule has 10 aromatic carbocycles. The van der Waals surface area contributed by atoms with Crippen LogP contribution in [0.4, 0.5) is 0 Å². The lowest BCUT2D eigenvalue weighted by molar-refractivity contribution is 1.62. The van der Waals surface area contributed by atoms with Crippen molar-refractivity contribution in [1.82, 2.24) is 0 Å². The van der Waals surface area contributed by atoms with Crippen LogP contribution in [0.1, 0.15) is 11.0 Å². The van der Waals surface area contributed by atoms with Gasteiger partial charge in [-0.15, -0.1) is 0 Å². The average Bonchev–Trinajstić information content (AvgIpc) is 3.23. The van der Waals surface area contributed by atoms with E-state index in [0.29, 0.717) is 21.9 Å². The maximum absolute atomic E-state index is 9.54. The lowest BCUT2D eigenvalue weighted by Crippen LogP contribution is -1.90. The molecule has 0 atom stereocenters. The third-order valence-electron chi connectivity index (χ3n) is 9.55. The van der Waals surface area contributed by atoms with Gasteiger partial charge in [-0.05, 0) is 98.4 Å². The predicted molar refractivity (Wildman–Crippen MR) is 207 cm³/mol. The lowest BCUT2D eigenvalue weighted by atomic mass is 9.86. The van der Waals surface area contributed by atoms with Gasteiger partial charge in [0.1, 0.15) is 0 Å². The topological polar surface area (TPSA) is 0 Å². The fourth-order valence-electron chi connectivity index (χ4n) is 7.21. The standard InChI is InChI=1S/C48H30/c1-3-11-39-31(7-1)9-5-13-41(39)33-15-19-35(20-16-33)43-27-25-37-23-24-38-26-28-44(46-30-29-45(43)47(37)48(38)46)36-21-17-34(18-22-36)42-14-6-10-32-8-2-4-12-40(32)42/h1-30H/i23D,24D,25D,26D,27D,28D,29D,30D. The van der Waals surface area contributed by atoms with Crippen molar-refractivity contribution in [2.75, 3.05) is 0 Å². The fourth-order valence-corrected chi connectivity index (χ4v) is 7.21. The molecule has 0 saturated carbocycles. The molecule has 0 nitrogen and oxygen atoms in total. The summed E-state index contributed by atoms with van der Waals surface area (Å²) >= 11 is 0. The Labute approximate surface area is 290 Å². The molecular formula is C48H30. The normalized spacial score (nSPS) is 14.1. The minimum absolute atomic E-state index is 0.0338. The van der Waals surface area contributed by atoms with Crippen LogP contribution in [-0.4, -0.2) is 0 Å². The molecule has 222 valence electrons. The van der Waals surface area contributed by atoms with Crippen molar-refractivity contribution in [3.8, 4) is 44.5 Å². The predicted octanol–water partition coefficient (Wildman–Crippen LogP) is 13.6. The van der Waals surface area contributed by atoms with Gasteiger partial charge < -0.3 is 0 Å². The molecule has 0 aliphatic heterocycles. The molecule has 48 heavy (non-hydrogen) atoms. The fraction of sp³-hybridized carbons (Fsp3) is 0. The van der Waals surface area contributed by atoms with Gasteiger partial charge >= 0.3 is 0 Å². The summed E-state index contributed by atoms with van der Waals surface area (Å²) in [4.78, 5) is 0. The third kappa shape index (κ3) is 4.16. The Bertz CT molecular complexity index is 3030. The molecule has 0 saturated heterocycles. The molecule has 0 fully saturated rings. The van der Waals surface area contributed by atoms with E-state index in [1.165, 1.54) is 0 Å². The summed E-state index contributed by atoms with van der Waals surface area (Å²) in [6, 6.07) is 41.8. The minimum atomic E-state index is -0.336. The molecule has 10 rings (SSSR count). The molecule has 0 amide bonds. The Morgan fingerprint density at radius 2 is 0.604 bits per heavy atom. The van der Waals surface area contributed by atoms with Crippen LogP contribution in [0.2, 0.25) is 0 Å². The SMILES string of the molecule is [2H]c1c([2H])c2c([2H])c([2H])c3c([2H])c([2H])c(-c4ccc(-c5cccc6ccccc56)cc4)c4c([2H])c([2H])c(c1-c1ccc(-c5cccc6ccccc56)cc1)c2c34. The number of hydrogen-bond donors (Lipinski definition) is 0. The van der Waals surface area contributed by atoms with Gasteiger partial charge in [-0.2, -0.15) is 0 Å². The number of benzene rings is 10. The van der Waals surface area contributed by atoms with Gasteiger partial charge in [-0.25, -0.2) is 0 Å². The summed E-state index contributed by atoms with van der Waals surface area (Å²) in [7, 11) is 0. The second kappa shape index (κ2) is 10.7. The second-order valence-corrected chi connectivity index (χ2v) is 12.2. The van der Waals surface area contributed by atoms with Crippen molar-refractivity contribution in [1.29, 1.82) is 0 Å². The summed E-state index contributed by atoms with van der Waals surface area (Å²) in [5.41, 5.74) is 5.72. The number of hydrogen-bond acceptors (Lipinski definition) is 0. The number of fused-ring (bicyclic) bond motifs is 2. The van der Waals surface area contributed by atoms with E-state index in [1.807, 2.05) is 84.9 Å². The lowest BCUT2D eigenvalue weighted by Gasteiger charge is -2.17. The van der Waals surface area contributed by atoms with Gasteiger partial charge in [0.2, 0.25) is 0 Å². The molecule has 0 bridgehead atoms. The molecular weight excluding hydrogens is 577 g/mol. The molecule has 0 aliphatic carbocycles. The van der Waals surface area contributed by atoms with Crippen molar-refractivity contribution >= 4 is 53.9 Å². The Morgan fingerprint density at radius 1 is 0.250 bits per heavy atom. The molecule has 0 aliphatic rings. The molecule has 0 radical (unpaired) electrons. The largest absolute Gasteiger partial charge is 0.0630 e. The van der Waals surface area contributed by atoms with E-state index >= 15 is 0 Å². The van der Waals surface area contributed by atoms with Crippen molar-refractivity contribution in [3.05, 3.63) is 182 Å². The average molecular weight is 615 g/mol. The zero-order valence-corrected chi connectivity index (χ0v) is 25.7.